The minimum atomic E-state index is -4.35. The molecule has 0 aromatic rings. The van der Waals surface area contributed by atoms with Crippen LogP contribution in [0.15, 0.2) is 0 Å². The number of carbonyl (C=O) groups excluding carboxylic acids is 1. The van der Waals surface area contributed by atoms with Gasteiger partial charge >= 0.3 is 6.18 Å². The fourth-order valence-corrected chi connectivity index (χ4v) is 1.75. The molecule has 0 radical (unpaired) electrons. The third-order valence-corrected chi connectivity index (χ3v) is 2.76. The summed E-state index contributed by atoms with van der Waals surface area (Å²) in [7, 11) is 0. The van der Waals surface area contributed by atoms with E-state index in [1.807, 2.05) is 10.2 Å². The molecule has 0 saturated carbocycles. The summed E-state index contributed by atoms with van der Waals surface area (Å²) in [6.45, 7) is 3.43. The van der Waals surface area contributed by atoms with Crippen LogP contribution in [0.4, 0.5) is 13.2 Å². The van der Waals surface area contributed by atoms with Crippen LogP contribution in [0.1, 0.15) is 13.3 Å². The van der Waals surface area contributed by atoms with Gasteiger partial charge in [0, 0.05) is 19.6 Å². The van der Waals surface area contributed by atoms with Crippen LogP contribution < -0.4 is 10.6 Å². The van der Waals surface area contributed by atoms with Gasteiger partial charge in [-0.3, -0.25) is 9.69 Å². The van der Waals surface area contributed by atoms with E-state index in [1.165, 1.54) is 0 Å². The van der Waals surface area contributed by atoms with Crippen LogP contribution in [0.2, 0.25) is 0 Å². The van der Waals surface area contributed by atoms with Crippen LogP contribution in [-0.4, -0.2) is 55.7 Å². The standard InChI is InChI=1S/C10H18F3N3O/c1-8(9(17)15-7-10(11,12)13)16-5-2-3-14-4-6-16/h8,14H,2-7H2,1H3,(H,15,17). The van der Waals surface area contributed by atoms with Crippen molar-refractivity contribution in [1.82, 2.24) is 15.5 Å². The van der Waals surface area contributed by atoms with Gasteiger partial charge in [0.2, 0.25) is 5.91 Å². The monoisotopic (exact) mass is 253 g/mol. The van der Waals surface area contributed by atoms with Gasteiger partial charge in [-0.1, -0.05) is 0 Å². The van der Waals surface area contributed by atoms with Gasteiger partial charge in [0.05, 0.1) is 6.04 Å². The summed E-state index contributed by atoms with van der Waals surface area (Å²) in [5.41, 5.74) is 0. The summed E-state index contributed by atoms with van der Waals surface area (Å²) < 4.78 is 35.8. The molecule has 2 N–H and O–H groups in total. The molecule has 1 atom stereocenters. The molecule has 0 bridgehead atoms. The van der Waals surface area contributed by atoms with Crippen molar-refractivity contribution in [1.29, 1.82) is 0 Å². The molecule has 17 heavy (non-hydrogen) atoms. The van der Waals surface area contributed by atoms with Crippen molar-refractivity contribution >= 4 is 5.91 Å². The second kappa shape index (κ2) is 6.20. The summed E-state index contributed by atoms with van der Waals surface area (Å²) in [4.78, 5) is 13.4. The molecule has 1 heterocycles. The van der Waals surface area contributed by atoms with E-state index in [2.05, 4.69) is 5.32 Å². The molecule has 1 aliphatic rings. The molecule has 7 heteroatoms. The Bertz CT molecular complexity index is 250. The molecule has 1 unspecified atom stereocenters. The zero-order chi connectivity index (χ0) is 12.9. The van der Waals surface area contributed by atoms with E-state index in [1.54, 1.807) is 6.92 Å². The number of hydrogen-bond acceptors (Lipinski definition) is 3. The predicted molar refractivity (Wildman–Crippen MR) is 57.6 cm³/mol. The van der Waals surface area contributed by atoms with Gasteiger partial charge in [0.25, 0.3) is 0 Å². The van der Waals surface area contributed by atoms with Crippen LogP contribution >= 0.6 is 0 Å². The van der Waals surface area contributed by atoms with Gasteiger partial charge < -0.3 is 10.6 Å². The highest BCUT2D eigenvalue weighted by atomic mass is 19.4. The zero-order valence-corrected chi connectivity index (χ0v) is 9.81. The average molecular weight is 253 g/mol. The van der Waals surface area contributed by atoms with Crippen molar-refractivity contribution in [2.24, 2.45) is 0 Å². The highest BCUT2D eigenvalue weighted by Crippen LogP contribution is 2.12. The summed E-state index contributed by atoms with van der Waals surface area (Å²) in [6.07, 6.45) is -3.45. The van der Waals surface area contributed by atoms with E-state index in [0.29, 0.717) is 6.54 Å². The van der Waals surface area contributed by atoms with Gasteiger partial charge in [-0.15, -0.1) is 0 Å². The lowest BCUT2D eigenvalue weighted by molar-refractivity contribution is -0.141. The minimum absolute atomic E-state index is 0.516. The van der Waals surface area contributed by atoms with E-state index in [0.717, 1.165) is 26.1 Å². The number of carbonyl (C=O) groups is 1. The molecule has 1 amide bonds. The summed E-state index contributed by atoms with van der Waals surface area (Å²) in [5.74, 6) is -0.566. The first-order valence-electron chi connectivity index (χ1n) is 5.69. The maximum atomic E-state index is 11.9. The lowest BCUT2D eigenvalue weighted by Crippen LogP contribution is -2.48. The maximum absolute atomic E-state index is 11.9. The van der Waals surface area contributed by atoms with Crippen LogP contribution in [0.5, 0.6) is 0 Å². The third-order valence-electron chi connectivity index (χ3n) is 2.76. The summed E-state index contributed by atoms with van der Waals surface area (Å²) in [5, 5.41) is 5.09. The Morgan fingerprint density at radius 1 is 1.41 bits per heavy atom. The van der Waals surface area contributed by atoms with Crippen LogP contribution in [0.3, 0.4) is 0 Å². The Morgan fingerprint density at radius 3 is 2.76 bits per heavy atom. The predicted octanol–water partition coefficient (Wildman–Crippen LogP) is 0.349. The van der Waals surface area contributed by atoms with Crippen molar-refractivity contribution < 1.29 is 18.0 Å². The maximum Gasteiger partial charge on any atom is 0.405 e. The highest BCUT2D eigenvalue weighted by molar-refractivity contribution is 5.81. The molecule has 1 rings (SSSR count). The number of halogens is 3. The van der Waals surface area contributed by atoms with Crippen molar-refractivity contribution in [2.45, 2.75) is 25.6 Å². The normalized spacial score (nSPS) is 20.7. The molecule has 0 aromatic heterocycles. The summed E-state index contributed by atoms with van der Waals surface area (Å²) >= 11 is 0. The molecule has 1 fully saturated rings. The fourth-order valence-electron chi connectivity index (χ4n) is 1.75. The number of amides is 1. The lowest BCUT2D eigenvalue weighted by atomic mass is 10.2. The Morgan fingerprint density at radius 2 is 2.12 bits per heavy atom. The second-order valence-corrected chi connectivity index (χ2v) is 4.15. The number of rotatable bonds is 3. The third kappa shape index (κ3) is 5.36. The summed E-state index contributed by atoms with van der Waals surface area (Å²) in [6, 6.07) is -0.516. The largest absolute Gasteiger partial charge is 0.405 e. The van der Waals surface area contributed by atoms with E-state index in [-0.39, 0.29) is 0 Å². The Kier molecular flexibility index (Phi) is 5.20. The van der Waals surface area contributed by atoms with Crippen molar-refractivity contribution in [3.8, 4) is 0 Å². The molecule has 0 spiro atoms. The van der Waals surface area contributed by atoms with Crippen molar-refractivity contribution in [3.63, 3.8) is 0 Å². The SMILES string of the molecule is CC(C(=O)NCC(F)(F)F)N1CCCNCC1. The zero-order valence-electron chi connectivity index (χ0n) is 9.81. The second-order valence-electron chi connectivity index (χ2n) is 4.15. The fraction of sp³-hybridized carbons (Fsp3) is 0.900. The van der Waals surface area contributed by atoms with E-state index in [9.17, 15) is 18.0 Å². The van der Waals surface area contributed by atoms with E-state index >= 15 is 0 Å². The molecule has 4 nitrogen and oxygen atoms in total. The van der Waals surface area contributed by atoms with Crippen molar-refractivity contribution in [2.75, 3.05) is 32.7 Å². The van der Waals surface area contributed by atoms with Crippen LogP contribution in [0, 0.1) is 0 Å². The number of nitrogens with one attached hydrogen (secondary N) is 2. The van der Waals surface area contributed by atoms with Gasteiger partial charge in [-0.2, -0.15) is 13.2 Å². The molecule has 1 aliphatic heterocycles. The first-order chi connectivity index (χ1) is 7.90. The molecular weight excluding hydrogens is 235 g/mol. The van der Waals surface area contributed by atoms with E-state index < -0.39 is 24.7 Å². The van der Waals surface area contributed by atoms with Gasteiger partial charge in [-0.05, 0) is 19.9 Å². The number of nitrogens with zero attached hydrogens (tertiary/aromatic N) is 1. The molecule has 100 valence electrons. The number of hydrogen-bond donors (Lipinski definition) is 2. The quantitative estimate of drug-likeness (QED) is 0.763. The first-order valence-corrected chi connectivity index (χ1v) is 5.69. The molecular formula is C10H18F3N3O. The van der Waals surface area contributed by atoms with Crippen molar-refractivity contribution in [3.05, 3.63) is 0 Å². The Hall–Kier alpha value is -0.820. The molecule has 0 aliphatic carbocycles. The minimum Gasteiger partial charge on any atom is -0.346 e. The van der Waals surface area contributed by atoms with Gasteiger partial charge in [0.15, 0.2) is 0 Å². The average Bonchev–Trinajstić information content (AvgIpc) is 2.52. The first kappa shape index (κ1) is 14.2. The van der Waals surface area contributed by atoms with Crippen LogP contribution in [-0.2, 0) is 4.79 Å². The van der Waals surface area contributed by atoms with Crippen LogP contribution in [0.25, 0.3) is 0 Å². The highest BCUT2D eigenvalue weighted by Gasteiger charge is 2.30. The lowest BCUT2D eigenvalue weighted by Gasteiger charge is -2.26. The molecule has 1 saturated heterocycles. The van der Waals surface area contributed by atoms with Gasteiger partial charge in [-0.25, -0.2) is 0 Å². The molecule has 0 aromatic carbocycles. The topological polar surface area (TPSA) is 44.4 Å². The number of alkyl halides is 3. The Labute approximate surface area is 98.5 Å². The van der Waals surface area contributed by atoms with E-state index in [4.69, 9.17) is 0 Å². The smallest absolute Gasteiger partial charge is 0.346 e. The Balaban J connectivity index is 2.39. The van der Waals surface area contributed by atoms with Gasteiger partial charge in [0.1, 0.15) is 6.54 Å².